The molecule has 0 radical (unpaired) electrons. The molecule has 0 atom stereocenters. The Morgan fingerprint density at radius 2 is 2.12 bits per heavy atom. The summed E-state index contributed by atoms with van der Waals surface area (Å²) in [6.45, 7) is 2.52. The SMILES string of the molecule is CCNC(=O)CNC(=O)c1ccc(CN)o1. The van der Waals surface area contributed by atoms with Crippen molar-refractivity contribution in [2.75, 3.05) is 13.1 Å². The summed E-state index contributed by atoms with van der Waals surface area (Å²) in [6, 6.07) is 3.15. The number of carbonyl (C=O) groups is 2. The smallest absolute Gasteiger partial charge is 0.287 e. The standard InChI is InChI=1S/C10H15N3O3/c1-2-12-9(14)6-13-10(15)8-4-3-7(5-11)16-8/h3-4H,2,5-6,11H2,1H3,(H,12,14)(H,13,15). The predicted molar refractivity (Wildman–Crippen MR) is 57.6 cm³/mol. The van der Waals surface area contributed by atoms with Gasteiger partial charge >= 0.3 is 0 Å². The molecule has 0 aromatic carbocycles. The summed E-state index contributed by atoms with van der Waals surface area (Å²) >= 11 is 0. The molecule has 0 unspecified atom stereocenters. The Labute approximate surface area is 93.2 Å². The van der Waals surface area contributed by atoms with E-state index in [0.29, 0.717) is 12.3 Å². The van der Waals surface area contributed by atoms with E-state index in [1.807, 2.05) is 0 Å². The predicted octanol–water partition coefficient (Wildman–Crippen LogP) is -0.396. The van der Waals surface area contributed by atoms with E-state index >= 15 is 0 Å². The Bertz CT molecular complexity index is 373. The van der Waals surface area contributed by atoms with Crippen LogP contribution >= 0.6 is 0 Å². The van der Waals surface area contributed by atoms with Crippen molar-refractivity contribution < 1.29 is 14.0 Å². The molecule has 1 heterocycles. The summed E-state index contributed by atoms with van der Waals surface area (Å²) in [7, 11) is 0. The molecule has 4 N–H and O–H groups in total. The number of nitrogens with one attached hydrogen (secondary N) is 2. The molecule has 0 aliphatic heterocycles. The zero-order valence-corrected chi connectivity index (χ0v) is 9.08. The van der Waals surface area contributed by atoms with Crippen molar-refractivity contribution in [3.63, 3.8) is 0 Å². The number of amides is 2. The van der Waals surface area contributed by atoms with Gasteiger partial charge < -0.3 is 20.8 Å². The normalized spacial score (nSPS) is 9.88. The first-order chi connectivity index (χ1) is 7.67. The molecule has 1 aromatic rings. The zero-order valence-electron chi connectivity index (χ0n) is 9.08. The second-order valence-electron chi connectivity index (χ2n) is 3.11. The summed E-state index contributed by atoms with van der Waals surface area (Å²) in [5.74, 6) is 0.0281. The van der Waals surface area contributed by atoms with Crippen LogP contribution in [0.25, 0.3) is 0 Å². The molecule has 1 rings (SSSR count). The average Bonchev–Trinajstić information content (AvgIpc) is 2.75. The van der Waals surface area contributed by atoms with Crippen LogP contribution in [0.2, 0.25) is 0 Å². The van der Waals surface area contributed by atoms with Gasteiger partial charge in [0.1, 0.15) is 5.76 Å². The highest BCUT2D eigenvalue weighted by Gasteiger charge is 2.11. The molecular weight excluding hydrogens is 210 g/mol. The largest absolute Gasteiger partial charge is 0.455 e. The first kappa shape index (κ1) is 12.3. The molecule has 0 spiro atoms. The van der Waals surface area contributed by atoms with Gasteiger partial charge in [0.25, 0.3) is 5.91 Å². The summed E-state index contributed by atoms with van der Waals surface area (Å²) < 4.78 is 5.12. The third-order valence-corrected chi connectivity index (χ3v) is 1.87. The van der Waals surface area contributed by atoms with Crippen molar-refractivity contribution >= 4 is 11.8 Å². The number of hydrogen-bond acceptors (Lipinski definition) is 4. The molecule has 16 heavy (non-hydrogen) atoms. The molecule has 0 aliphatic rings. The highest BCUT2D eigenvalue weighted by Crippen LogP contribution is 2.06. The molecule has 0 aliphatic carbocycles. The Morgan fingerprint density at radius 1 is 1.38 bits per heavy atom. The minimum atomic E-state index is -0.425. The number of carbonyl (C=O) groups excluding carboxylic acids is 2. The van der Waals surface area contributed by atoms with E-state index in [2.05, 4.69) is 10.6 Å². The van der Waals surface area contributed by atoms with Gasteiger partial charge in [-0.15, -0.1) is 0 Å². The summed E-state index contributed by atoms with van der Waals surface area (Å²) in [5.41, 5.74) is 5.34. The van der Waals surface area contributed by atoms with Gasteiger partial charge in [0, 0.05) is 6.54 Å². The molecule has 88 valence electrons. The molecular formula is C10H15N3O3. The van der Waals surface area contributed by atoms with Gasteiger partial charge in [-0.1, -0.05) is 0 Å². The maximum absolute atomic E-state index is 11.5. The fourth-order valence-corrected chi connectivity index (χ4v) is 1.12. The minimum Gasteiger partial charge on any atom is -0.455 e. The Balaban J connectivity index is 2.43. The van der Waals surface area contributed by atoms with Crippen molar-refractivity contribution in [2.24, 2.45) is 5.73 Å². The van der Waals surface area contributed by atoms with Gasteiger partial charge in [-0.05, 0) is 19.1 Å². The summed E-state index contributed by atoms with van der Waals surface area (Å²) in [6.07, 6.45) is 0. The second kappa shape index (κ2) is 5.92. The van der Waals surface area contributed by atoms with Gasteiger partial charge in [-0.3, -0.25) is 9.59 Å². The third-order valence-electron chi connectivity index (χ3n) is 1.87. The van der Waals surface area contributed by atoms with Crippen LogP contribution in [-0.4, -0.2) is 24.9 Å². The molecule has 6 nitrogen and oxygen atoms in total. The lowest BCUT2D eigenvalue weighted by Gasteiger charge is -2.03. The lowest BCUT2D eigenvalue weighted by atomic mass is 10.4. The fraction of sp³-hybridized carbons (Fsp3) is 0.400. The van der Waals surface area contributed by atoms with E-state index < -0.39 is 5.91 Å². The van der Waals surface area contributed by atoms with Crippen molar-refractivity contribution in [3.05, 3.63) is 23.7 Å². The van der Waals surface area contributed by atoms with Crippen LogP contribution < -0.4 is 16.4 Å². The van der Waals surface area contributed by atoms with Crippen molar-refractivity contribution in [1.29, 1.82) is 0 Å². The molecule has 2 amide bonds. The Hall–Kier alpha value is -1.82. The van der Waals surface area contributed by atoms with E-state index in [0.717, 1.165) is 0 Å². The molecule has 0 bridgehead atoms. The van der Waals surface area contributed by atoms with Gasteiger partial charge in [0.15, 0.2) is 5.76 Å². The lowest BCUT2D eigenvalue weighted by Crippen LogP contribution is -2.36. The van der Waals surface area contributed by atoms with Crippen molar-refractivity contribution in [3.8, 4) is 0 Å². The van der Waals surface area contributed by atoms with Crippen LogP contribution in [0.5, 0.6) is 0 Å². The maximum atomic E-state index is 11.5. The summed E-state index contributed by atoms with van der Waals surface area (Å²) in [5, 5.41) is 5.00. The first-order valence-electron chi connectivity index (χ1n) is 5.01. The van der Waals surface area contributed by atoms with Crippen molar-refractivity contribution in [1.82, 2.24) is 10.6 Å². The van der Waals surface area contributed by atoms with E-state index in [4.69, 9.17) is 10.2 Å². The molecule has 0 saturated heterocycles. The topological polar surface area (TPSA) is 97.4 Å². The molecule has 0 fully saturated rings. The van der Waals surface area contributed by atoms with Gasteiger partial charge in [0.05, 0.1) is 13.1 Å². The number of furan rings is 1. The first-order valence-corrected chi connectivity index (χ1v) is 5.01. The highest BCUT2D eigenvalue weighted by molar-refractivity contribution is 5.94. The number of rotatable bonds is 5. The van der Waals surface area contributed by atoms with E-state index in [1.54, 1.807) is 13.0 Å². The zero-order chi connectivity index (χ0) is 12.0. The van der Waals surface area contributed by atoms with Crippen LogP contribution in [0.3, 0.4) is 0 Å². The molecule has 6 heteroatoms. The van der Waals surface area contributed by atoms with Crippen LogP contribution in [0.4, 0.5) is 0 Å². The highest BCUT2D eigenvalue weighted by atomic mass is 16.4. The maximum Gasteiger partial charge on any atom is 0.287 e. The third kappa shape index (κ3) is 3.39. The molecule has 1 aromatic heterocycles. The fourth-order valence-electron chi connectivity index (χ4n) is 1.12. The van der Waals surface area contributed by atoms with Crippen LogP contribution in [-0.2, 0) is 11.3 Å². The quantitative estimate of drug-likeness (QED) is 0.635. The van der Waals surface area contributed by atoms with Crippen LogP contribution in [0, 0.1) is 0 Å². The number of nitrogens with two attached hydrogens (primary N) is 1. The van der Waals surface area contributed by atoms with Gasteiger partial charge in [0.2, 0.25) is 5.91 Å². The Morgan fingerprint density at radius 3 is 2.69 bits per heavy atom. The lowest BCUT2D eigenvalue weighted by molar-refractivity contribution is -0.120. The summed E-state index contributed by atoms with van der Waals surface area (Å²) in [4.78, 5) is 22.5. The van der Waals surface area contributed by atoms with Crippen LogP contribution in [0.1, 0.15) is 23.2 Å². The molecule has 0 saturated carbocycles. The van der Waals surface area contributed by atoms with E-state index in [-0.39, 0.29) is 24.8 Å². The second-order valence-corrected chi connectivity index (χ2v) is 3.11. The minimum absolute atomic E-state index is 0.0642. The average molecular weight is 225 g/mol. The van der Waals surface area contributed by atoms with Crippen LogP contribution in [0.15, 0.2) is 16.5 Å². The van der Waals surface area contributed by atoms with Gasteiger partial charge in [-0.25, -0.2) is 0 Å². The van der Waals surface area contributed by atoms with E-state index in [9.17, 15) is 9.59 Å². The Kier molecular flexibility index (Phi) is 4.53. The monoisotopic (exact) mass is 225 g/mol. The van der Waals surface area contributed by atoms with E-state index in [1.165, 1.54) is 6.07 Å². The van der Waals surface area contributed by atoms with Gasteiger partial charge in [-0.2, -0.15) is 0 Å². The number of hydrogen-bond donors (Lipinski definition) is 3. The van der Waals surface area contributed by atoms with Crippen molar-refractivity contribution in [2.45, 2.75) is 13.5 Å². The number of likely N-dealkylation sites (N-methyl/N-ethyl adjacent to an activating group) is 1.